The molecule has 1 N–H and O–H groups in total. The van der Waals surface area contributed by atoms with Crippen LogP contribution in [0.4, 0.5) is 11.4 Å². The molecule has 0 radical (unpaired) electrons. The Hall–Kier alpha value is -2.91. The van der Waals surface area contributed by atoms with Gasteiger partial charge < -0.3 is 5.11 Å². The fourth-order valence-electron chi connectivity index (χ4n) is 3.41. The van der Waals surface area contributed by atoms with Gasteiger partial charge in [0.1, 0.15) is 5.75 Å². The zero-order valence-corrected chi connectivity index (χ0v) is 17.5. The quantitative estimate of drug-likeness (QED) is 0.493. The molecule has 29 heavy (non-hydrogen) atoms. The van der Waals surface area contributed by atoms with Crippen molar-refractivity contribution in [3.05, 3.63) is 88.4 Å². The number of halogens is 1. The first-order chi connectivity index (χ1) is 13.8. The molecular formula is C25H23ClN2O. The van der Waals surface area contributed by atoms with Gasteiger partial charge in [0, 0.05) is 17.0 Å². The van der Waals surface area contributed by atoms with Crippen molar-refractivity contribution in [2.24, 2.45) is 9.98 Å². The molecule has 1 aliphatic heterocycles. The number of fused-ring (bicyclic) bond motifs is 1. The molecule has 0 unspecified atom stereocenters. The second-order valence-electron chi connectivity index (χ2n) is 8.27. The minimum atomic E-state index is 0.0928. The number of benzene rings is 3. The number of aromatic hydroxyl groups is 1. The van der Waals surface area contributed by atoms with E-state index in [1.54, 1.807) is 18.2 Å². The molecule has 3 aromatic rings. The zero-order valence-electron chi connectivity index (χ0n) is 16.8. The van der Waals surface area contributed by atoms with Crippen molar-refractivity contribution < 1.29 is 5.11 Å². The van der Waals surface area contributed by atoms with Gasteiger partial charge in [-0.2, -0.15) is 0 Å². The molecule has 0 saturated heterocycles. The second-order valence-corrected chi connectivity index (χ2v) is 8.71. The van der Waals surface area contributed by atoms with Crippen LogP contribution in [0.15, 0.2) is 76.7 Å². The molecule has 0 amide bonds. The van der Waals surface area contributed by atoms with E-state index in [0.717, 1.165) is 28.4 Å². The number of hydrogen-bond acceptors (Lipinski definition) is 3. The van der Waals surface area contributed by atoms with Crippen LogP contribution in [0.5, 0.6) is 5.75 Å². The van der Waals surface area contributed by atoms with Gasteiger partial charge in [0.2, 0.25) is 0 Å². The minimum Gasteiger partial charge on any atom is -0.507 e. The molecule has 0 spiro atoms. The Bertz CT molecular complexity index is 1120. The van der Waals surface area contributed by atoms with Gasteiger partial charge in [0.25, 0.3) is 0 Å². The van der Waals surface area contributed by atoms with E-state index < -0.39 is 0 Å². The van der Waals surface area contributed by atoms with Crippen molar-refractivity contribution in [3.8, 4) is 5.75 Å². The average Bonchev–Trinajstić information content (AvgIpc) is 2.89. The molecule has 0 atom stereocenters. The lowest BCUT2D eigenvalue weighted by atomic mass is 9.86. The number of phenols is 1. The third kappa shape index (κ3) is 4.10. The van der Waals surface area contributed by atoms with Gasteiger partial charge in [-0.05, 0) is 46.9 Å². The molecule has 1 heterocycles. The topological polar surface area (TPSA) is 45.0 Å². The first-order valence-electron chi connectivity index (χ1n) is 9.65. The summed E-state index contributed by atoms with van der Waals surface area (Å²) in [5.41, 5.74) is 6.30. The summed E-state index contributed by atoms with van der Waals surface area (Å²) < 4.78 is 0. The highest BCUT2D eigenvalue weighted by atomic mass is 35.5. The van der Waals surface area contributed by atoms with Gasteiger partial charge in [-0.15, -0.1) is 0 Å². The molecule has 4 rings (SSSR count). The predicted molar refractivity (Wildman–Crippen MR) is 122 cm³/mol. The number of hydrogen-bond donors (Lipinski definition) is 1. The van der Waals surface area contributed by atoms with E-state index in [4.69, 9.17) is 21.6 Å². The standard InChI is InChI=1S/C25H23ClN2O/c1-25(2,3)17-10-8-16(9-11-17)22-15-23(19-14-18(26)12-13-24(19)29)28-21-7-5-4-6-20(21)27-22/h4-14,29H,15H2,1-3H3. The summed E-state index contributed by atoms with van der Waals surface area (Å²) in [6.07, 6.45) is 0.497. The molecule has 0 aliphatic carbocycles. The Morgan fingerprint density at radius 3 is 2.07 bits per heavy atom. The van der Waals surface area contributed by atoms with Crippen molar-refractivity contribution in [1.82, 2.24) is 0 Å². The number of phenolic OH excluding ortho intramolecular Hbond substituents is 1. The summed E-state index contributed by atoms with van der Waals surface area (Å²) in [5.74, 6) is 0.162. The molecule has 3 nitrogen and oxygen atoms in total. The van der Waals surface area contributed by atoms with Crippen LogP contribution in [0.25, 0.3) is 0 Å². The molecule has 4 heteroatoms. The largest absolute Gasteiger partial charge is 0.507 e. The minimum absolute atomic E-state index is 0.0928. The highest BCUT2D eigenvalue weighted by molar-refractivity contribution is 6.31. The van der Waals surface area contributed by atoms with E-state index in [2.05, 4.69) is 45.0 Å². The maximum atomic E-state index is 10.4. The first-order valence-corrected chi connectivity index (χ1v) is 10.0. The zero-order chi connectivity index (χ0) is 20.6. The van der Waals surface area contributed by atoms with Gasteiger partial charge in [0.05, 0.1) is 22.8 Å². The monoisotopic (exact) mass is 402 g/mol. The fourth-order valence-corrected chi connectivity index (χ4v) is 3.58. The van der Waals surface area contributed by atoms with Crippen molar-refractivity contribution >= 4 is 34.4 Å². The van der Waals surface area contributed by atoms with Crippen molar-refractivity contribution in [2.75, 3.05) is 0 Å². The third-order valence-electron chi connectivity index (χ3n) is 5.08. The average molecular weight is 403 g/mol. The molecule has 3 aromatic carbocycles. The lowest BCUT2D eigenvalue weighted by Gasteiger charge is -2.19. The Kier molecular flexibility index (Phi) is 5.01. The fraction of sp³-hybridized carbons (Fsp3) is 0.200. The smallest absolute Gasteiger partial charge is 0.124 e. The highest BCUT2D eigenvalue weighted by Gasteiger charge is 2.20. The summed E-state index contributed by atoms with van der Waals surface area (Å²) >= 11 is 6.19. The third-order valence-corrected chi connectivity index (χ3v) is 5.32. The number of rotatable bonds is 2. The number of aliphatic imine (C=N–C) groups is 2. The van der Waals surface area contributed by atoms with E-state index in [-0.39, 0.29) is 11.2 Å². The van der Waals surface area contributed by atoms with E-state index in [0.29, 0.717) is 17.0 Å². The molecule has 146 valence electrons. The van der Waals surface area contributed by atoms with Crippen LogP contribution in [0.3, 0.4) is 0 Å². The van der Waals surface area contributed by atoms with Crippen LogP contribution in [0.2, 0.25) is 5.02 Å². The van der Waals surface area contributed by atoms with Crippen molar-refractivity contribution in [3.63, 3.8) is 0 Å². The normalized spacial score (nSPS) is 13.9. The molecule has 1 aliphatic rings. The van der Waals surface area contributed by atoms with Crippen molar-refractivity contribution in [1.29, 1.82) is 0 Å². The van der Waals surface area contributed by atoms with Gasteiger partial charge in [-0.3, -0.25) is 9.98 Å². The van der Waals surface area contributed by atoms with Gasteiger partial charge in [-0.25, -0.2) is 0 Å². The summed E-state index contributed by atoms with van der Waals surface area (Å²) in [4.78, 5) is 9.74. The Morgan fingerprint density at radius 2 is 1.45 bits per heavy atom. The lowest BCUT2D eigenvalue weighted by molar-refractivity contribution is 0.474. The van der Waals surface area contributed by atoms with Crippen LogP contribution in [-0.2, 0) is 5.41 Å². The highest BCUT2D eigenvalue weighted by Crippen LogP contribution is 2.35. The van der Waals surface area contributed by atoms with Crippen LogP contribution in [-0.4, -0.2) is 16.5 Å². The van der Waals surface area contributed by atoms with Crippen LogP contribution >= 0.6 is 11.6 Å². The molecule has 0 saturated carbocycles. The Labute approximate surface area is 176 Å². The van der Waals surface area contributed by atoms with Gasteiger partial charge in [0.15, 0.2) is 0 Å². The predicted octanol–water partition coefficient (Wildman–Crippen LogP) is 6.99. The van der Waals surface area contributed by atoms with E-state index in [1.807, 2.05) is 24.3 Å². The maximum absolute atomic E-state index is 10.4. The first kappa shape index (κ1) is 19.4. The van der Waals surface area contributed by atoms with Gasteiger partial charge in [-0.1, -0.05) is 68.8 Å². The van der Waals surface area contributed by atoms with Crippen LogP contribution in [0.1, 0.15) is 43.9 Å². The van der Waals surface area contributed by atoms with Gasteiger partial charge >= 0.3 is 0 Å². The van der Waals surface area contributed by atoms with Crippen molar-refractivity contribution in [2.45, 2.75) is 32.6 Å². The molecular weight excluding hydrogens is 380 g/mol. The number of para-hydroxylation sites is 2. The lowest BCUT2D eigenvalue weighted by Crippen LogP contribution is -2.13. The molecule has 0 aromatic heterocycles. The van der Waals surface area contributed by atoms with E-state index in [9.17, 15) is 5.11 Å². The summed E-state index contributed by atoms with van der Waals surface area (Å²) in [6, 6.07) is 21.4. The molecule has 0 bridgehead atoms. The maximum Gasteiger partial charge on any atom is 0.124 e. The Morgan fingerprint density at radius 1 is 0.828 bits per heavy atom. The van der Waals surface area contributed by atoms with Crippen LogP contribution < -0.4 is 0 Å². The summed E-state index contributed by atoms with van der Waals surface area (Å²) in [5, 5.41) is 11.0. The van der Waals surface area contributed by atoms with E-state index >= 15 is 0 Å². The SMILES string of the molecule is CC(C)(C)c1ccc(C2=Nc3ccccc3N=C(c3cc(Cl)ccc3O)C2)cc1. The second kappa shape index (κ2) is 7.49. The summed E-state index contributed by atoms with van der Waals surface area (Å²) in [7, 11) is 0. The van der Waals surface area contributed by atoms with E-state index in [1.165, 1.54) is 5.56 Å². The number of nitrogens with zero attached hydrogens (tertiary/aromatic N) is 2. The van der Waals surface area contributed by atoms with Crippen LogP contribution in [0, 0.1) is 0 Å². The Balaban J connectivity index is 1.83. The summed E-state index contributed by atoms with van der Waals surface area (Å²) in [6.45, 7) is 6.61. The molecule has 0 fully saturated rings.